The minimum atomic E-state index is 0.471. The summed E-state index contributed by atoms with van der Waals surface area (Å²) in [7, 11) is 0. The highest BCUT2D eigenvalue weighted by atomic mass is 15.1. The molecule has 0 fully saturated rings. The summed E-state index contributed by atoms with van der Waals surface area (Å²) >= 11 is 0. The summed E-state index contributed by atoms with van der Waals surface area (Å²) in [5.74, 6) is 0.992. The van der Waals surface area contributed by atoms with Crippen molar-refractivity contribution in [1.82, 2.24) is 5.32 Å². The minimum absolute atomic E-state index is 0.471. The number of rotatable bonds is 6. The lowest BCUT2D eigenvalue weighted by atomic mass is 10.2. The van der Waals surface area contributed by atoms with Crippen molar-refractivity contribution in [2.45, 2.75) is 26.7 Å². The van der Waals surface area contributed by atoms with Crippen LogP contribution >= 0.6 is 0 Å². The molecule has 0 saturated heterocycles. The van der Waals surface area contributed by atoms with Gasteiger partial charge in [-0.2, -0.15) is 0 Å². The van der Waals surface area contributed by atoms with Gasteiger partial charge in [0, 0.05) is 12.7 Å². The third kappa shape index (κ3) is 9.06. The van der Waals surface area contributed by atoms with Crippen molar-refractivity contribution in [3.8, 4) is 0 Å². The summed E-state index contributed by atoms with van der Waals surface area (Å²) in [6.07, 6.45) is 5.85. The van der Waals surface area contributed by atoms with Crippen molar-refractivity contribution in [2.24, 2.45) is 22.4 Å². The van der Waals surface area contributed by atoms with E-state index in [9.17, 15) is 0 Å². The predicted octanol–water partition coefficient (Wildman–Crippen LogP) is 0.799. The molecule has 0 atom stereocenters. The van der Waals surface area contributed by atoms with Crippen molar-refractivity contribution in [3.63, 3.8) is 0 Å². The van der Waals surface area contributed by atoms with Crippen LogP contribution in [-0.2, 0) is 0 Å². The van der Waals surface area contributed by atoms with E-state index in [1.165, 1.54) is 0 Å². The Morgan fingerprint density at radius 1 is 1.43 bits per heavy atom. The van der Waals surface area contributed by atoms with Crippen molar-refractivity contribution < 1.29 is 0 Å². The molecular weight excluding hydrogens is 176 g/mol. The minimum Gasteiger partial charge on any atom is -0.370 e. The zero-order valence-corrected chi connectivity index (χ0v) is 9.16. The molecule has 0 aromatic heterocycles. The van der Waals surface area contributed by atoms with Gasteiger partial charge in [0.15, 0.2) is 5.96 Å². The van der Waals surface area contributed by atoms with Crippen LogP contribution in [0.15, 0.2) is 17.3 Å². The van der Waals surface area contributed by atoms with E-state index >= 15 is 0 Å². The van der Waals surface area contributed by atoms with Gasteiger partial charge in [-0.25, -0.2) is 0 Å². The molecule has 4 nitrogen and oxygen atoms in total. The largest absolute Gasteiger partial charge is 0.370 e. The number of hydrogen-bond donors (Lipinski definition) is 3. The van der Waals surface area contributed by atoms with Gasteiger partial charge < -0.3 is 16.8 Å². The first-order valence-electron chi connectivity index (χ1n) is 5.10. The van der Waals surface area contributed by atoms with Crippen LogP contribution in [0.5, 0.6) is 0 Å². The molecule has 0 saturated carbocycles. The zero-order valence-electron chi connectivity index (χ0n) is 9.16. The lowest BCUT2D eigenvalue weighted by Gasteiger charge is -2.00. The van der Waals surface area contributed by atoms with E-state index < -0.39 is 0 Å². The van der Waals surface area contributed by atoms with E-state index in [0.29, 0.717) is 11.9 Å². The molecular formula is C10H22N4. The van der Waals surface area contributed by atoms with E-state index in [4.69, 9.17) is 11.5 Å². The summed E-state index contributed by atoms with van der Waals surface area (Å²) in [5, 5.41) is 2.91. The number of nitrogens with one attached hydrogen (secondary N) is 1. The molecule has 0 rings (SSSR count). The molecule has 0 bridgehead atoms. The first-order valence-corrected chi connectivity index (χ1v) is 5.10. The van der Waals surface area contributed by atoms with E-state index in [1.54, 1.807) is 0 Å². The normalized spacial score (nSPS) is 12.7. The SMILES string of the molecule is CC(C)C=CNC(N)=NCCCCN. The summed E-state index contributed by atoms with van der Waals surface area (Å²) in [5.41, 5.74) is 11.0. The first-order chi connectivity index (χ1) is 6.66. The Morgan fingerprint density at radius 3 is 2.71 bits per heavy atom. The molecule has 5 N–H and O–H groups in total. The number of guanidine groups is 1. The molecule has 0 aliphatic heterocycles. The Bertz CT molecular complexity index is 185. The van der Waals surface area contributed by atoms with Crippen molar-refractivity contribution >= 4 is 5.96 Å². The van der Waals surface area contributed by atoms with Gasteiger partial charge in [0.05, 0.1) is 0 Å². The fourth-order valence-corrected chi connectivity index (χ4v) is 0.827. The second-order valence-electron chi connectivity index (χ2n) is 3.51. The fraction of sp³-hybridized carbons (Fsp3) is 0.700. The fourth-order valence-electron chi connectivity index (χ4n) is 0.827. The lowest BCUT2D eigenvalue weighted by Crippen LogP contribution is -2.27. The molecule has 0 unspecified atom stereocenters. The summed E-state index contributed by atoms with van der Waals surface area (Å²) in [4.78, 5) is 4.14. The standard InChI is InChI=1S/C10H22N4/c1-9(2)5-8-14-10(12)13-7-4-3-6-11/h5,8-9H,3-4,6-7,11H2,1-2H3,(H3,12,13,14). The van der Waals surface area contributed by atoms with Crippen molar-refractivity contribution in [2.75, 3.05) is 13.1 Å². The monoisotopic (exact) mass is 198 g/mol. The third-order valence-corrected chi connectivity index (χ3v) is 1.61. The smallest absolute Gasteiger partial charge is 0.192 e. The molecule has 0 spiro atoms. The second-order valence-corrected chi connectivity index (χ2v) is 3.51. The van der Waals surface area contributed by atoms with Gasteiger partial charge in [0.2, 0.25) is 0 Å². The molecule has 0 heterocycles. The van der Waals surface area contributed by atoms with Gasteiger partial charge in [-0.05, 0) is 25.3 Å². The maximum Gasteiger partial charge on any atom is 0.192 e. The Kier molecular flexibility index (Phi) is 7.93. The Hall–Kier alpha value is -1.03. The average Bonchev–Trinajstić information content (AvgIpc) is 2.12. The van der Waals surface area contributed by atoms with E-state index in [2.05, 4.69) is 24.2 Å². The Morgan fingerprint density at radius 2 is 2.14 bits per heavy atom. The Labute approximate surface area is 86.5 Å². The van der Waals surface area contributed by atoms with Crippen molar-refractivity contribution in [1.29, 1.82) is 0 Å². The molecule has 0 aliphatic carbocycles. The molecule has 82 valence electrons. The van der Waals surface area contributed by atoms with Crippen LogP contribution in [0.3, 0.4) is 0 Å². The number of allylic oxidation sites excluding steroid dienone is 1. The highest BCUT2D eigenvalue weighted by Crippen LogP contribution is 1.91. The number of unbranched alkanes of at least 4 members (excludes halogenated alkanes) is 1. The van der Waals surface area contributed by atoms with Crippen LogP contribution in [0.1, 0.15) is 26.7 Å². The van der Waals surface area contributed by atoms with Crippen molar-refractivity contribution in [3.05, 3.63) is 12.3 Å². The topological polar surface area (TPSA) is 76.4 Å². The molecule has 0 aromatic rings. The number of nitrogens with two attached hydrogens (primary N) is 2. The predicted molar refractivity (Wildman–Crippen MR) is 61.9 cm³/mol. The molecule has 0 radical (unpaired) electrons. The van der Waals surface area contributed by atoms with Gasteiger partial charge in [0.25, 0.3) is 0 Å². The van der Waals surface area contributed by atoms with Crippen LogP contribution in [0.25, 0.3) is 0 Å². The molecule has 0 aromatic carbocycles. The zero-order chi connectivity index (χ0) is 10.8. The molecule has 0 aliphatic rings. The third-order valence-electron chi connectivity index (χ3n) is 1.61. The lowest BCUT2D eigenvalue weighted by molar-refractivity contribution is 0.753. The van der Waals surface area contributed by atoms with E-state index in [1.807, 2.05) is 12.3 Å². The maximum absolute atomic E-state index is 5.60. The van der Waals surface area contributed by atoms with E-state index in [-0.39, 0.29) is 0 Å². The highest BCUT2D eigenvalue weighted by molar-refractivity contribution is 5.78. The van der Waals surface area contributed by atoms with Crippen LogP contribution in [-0.4, -0.2) is 19.0 Å². The maximum atomic E-state index is 5.60. The van der Waals surface area contributed by atoms with Crippen LogP contribution < -0.4 is 16.8 Å². The van der Waals surface area contributed by atoms with Gasteiger partial charge in [-0.3, -0.25) is 4.99 Å². The highest BCUT2D eigenvalue weighted by Gasteiger charge is 1.88. The number of aliphatic imine (C=N–C) groups is 1. The van der Waals surface area contributed by atoms with Gasteiger partial charge in [-0.15, -0.1) is 0 Å². The first kappa shape index (κ1) is 13.0. The molecule has 14 heavy (non-hydrogen) atoms. The Balaban J connectivity index is 3.56. The van der Waals surface area contributed by atoms with Crippen LogP contribution in [0.2, 0.25) is 0 Å². The van der Waals surface area contributed by atoms with Gasteiger partial charge >= 0.3 is 0 Å². The summed E-state index contributed by atoms with van der Waals surface area (Å²) in [6, 6.07) is 0. The van der Waals surface area contributed by atoms with Crippen LogP contribution in [0.4, 0.5) is 0 Å². The molecule has 0 amide bonds. The van der Waals surface area contributed by atoms with Gasteiger partial charge in [0.1, 0.15) is 0 Å². The van der Waals surface area contributed by atoms with E-state index in [0.717, 1.165) is 25.9 Å². The van der Waals surface area contributed by atoms with Gasteiger partial charge in [-0.1, -0.05) is 19.9 Å². The number of nitrogens with zero attached hydrogens (tertiary/aromatic N) is 1. The molecule has 4 heteroatoms. The summed E-state index contributed by atoms with van der Waals surface area (Å²) < 4.78 is 0. The van der Waals surface area contributed by atoms with Crippen LogP contribution in [0, 0.1) is 5.92 Å². The average molecular weight is 198 g/mol. The second kappa shape index (κ2) is 8.56. The summed E-state index contributed by atoms with van der Waals surface area (Å²) in [6.45, 7) is 5.67. The quantitative estimate of drug-likeness (QED) is 0.335. The number of hydrogen-bond acceptors (Lipinski definition) is 2.